The molecule has 0 aliphatic rings. The van der Waals surface area contributed by atoms with Crippen molar-refractivity contribution in [3.05, 3.63) is 63.7 Å². The van der Waals surface area contributed by atoms with Gasteiger partial charge in [0, 0.05) is 5.69 Å². The van der Waals surface area contributed by atoms with Crippen molar-refractivity contribution in [3.8, 4) is 0 Å². The molecule has 0 bridgehead atoms. The number of methoxy groups -OCH3 is 1. The molecule has 0 aromatic heterocycles. The molecule has 0 aliphatic carbocycles. The number of hydrogen-bond acceptors (Lipinski definition) is 3. The third-order valence-corrected chi connectivity index (χ3v) is 4.89. The number of esters is 1. The lowest BCUT2D eigenvalue weighted by Gasteiger charge is -2.26. The van der Waals surface area contributed by atoms with Crippen LogP contribution in [-0.2, 0) is 4.74 Å². The largest absolute Gasteiger partial charge is 0.465 e. The SMILES string of the molecule is COC(=O)c1cc(NC(=S)N[C@H](c2ccc(C)cc2C)C(C)C)ccc1Cl. The highest BCUT2D eigenvalue weighted by Gasteiger charge is 2.19. The van der Waals surface area contributed by atoms with Crippen LogP contribution < -0.4 is 10.6 Å². The lowest BCUT2D eigenvalue weighted by molar-refractivity contribution is 0.0601. The quantitative estimate of drug-likeness (QED) is 0.514. The van der Waals surface area contributed by atoms with Crippen molar-refractivity contribution in [2.24, 2.45) is 5.92 Å². The van der Waals surface area contributed by atoms with Crippen LogP contribution in [0, 0.1) is 19.8 Å². The molecule has 0 radical (unpaired) electrons. The van der Waals surface area contributed by atoms with Gasteiger partial charge in [0.2, 0.25) is 0 Å². The molecule has 144 valence electrons. The van der Waals surface area contributed by atoms with Gasteiger partial charge in [0.15, 0.2) is 5.11 Å². The number of anilines is 1. The molecule has 4 nitrogen and oxygen atoms in total. The summed E-state index contributed by atoms with van der Waals surface area (Å²) in [7, 11) is 1.32. The van der Waals surface area contributed by atoms with Gasteiger partial charge in [-0.15, -0.1) is 0 Å². The number of benzene rings is 2. The third kappa shape index (κ3) is 5.44. The molecule has 0 fully saturated rings. The summed E-state index contributed by atoms with van der Waals surface area (Å²) in [6, 6.07) is 11.5. The Balaban J connectivity index is 2.18. The lowest BCUT2D eigenvalue weighted by atomic mass is 9.92. The van der Waals surface area contributed by atoms with Crippen molar-refractivity contribution in [1.82, 2.24) is 5.32 Å². The summed E-state index contributed by atoms with van der Waals surface area (Å²) in [5.74, 6) is -0.153. The highest BCUT2D eigenvalue weighted by molar-refractivity contribution is 7.80. The monoisotopic (exact) mass is 404 g/mol. The minimum absolute atomic E-state index is 0.0676. The molecule has 0 heterocycles. The highest BCUT2D eigenvalue weighted by Crippen LogP contribution is 2.26. The third-order valence-electron chi connectivity index (χ3n) is 4.34. The van der Waals surface area contributed by atoms with E-state index in [4.69, 9.17) is 28.6 Å². The van der Waals surface area contributed by atoms with Gasteiger partial charge in [-0.3, -0.25) is 0 Å². The first-order valence-electron chi connectivity index (χ1n) is 8.75. The second-order valence-electron chi connectivity index (χ2n) is 6.87. The van der Waals surface area contributed by atoms with Gasteiger partial charge < -0.3 is 15.4 Å². The maximum atomic E-state index is 11.8. The number of halogens is 1. The second kappa shape index (κ2) is 9.20. The molecule has 27 heavy (non-hydrogen) atoms. The van der Waals surface area contributed by atoms with Gasteiger partial charge >= 0.3 is 5.97 Å². The average Bonchev–Trinajstić information content (AvgIpc) is 2.61. The molecule has 6 heteroatoms. The van der Waals surface area contributed by atoms with E-state index in [0.29, 0.717) is 27.3 Å². The van der Waals surface area contributed by atoms with E-state index < -0.39 is 5.97 Å². The maximum Gasteiger partial charge on any atom is 0.339 e. The summed E-state index contributed by atoms with van der Waals surface area (Å²) in [5, 5.41) is 7.33. The van der Waals surface area contributed by atoms with E-state index >= 15 is 0 Å². The molecular formula is C21H25ClN2O2S. The van der Waals surface area contributed by atoms with Crippen LogP contribution in [0.25, 0.3) is 0 Å². The Morgan fingerprint density at radius 2 is 1.85 bits per heavy atom. The zero-order valence-corrected chi connectivity index (χ0v) is 17.8. The Morgan fingerprint density at radius 3 is 2.44 bits per heavy atom. The summed E-state index contributed by atoms with van der Waals surface area (Å²) in [5.41, 5.74) is 4.63. The lowest BCUT2D eigenvalue weighted by Crippen LogP contribution is -2.35. The molecule has 0 unspecified atom stereocenters. The molecular weight excluding hydrogens is 380 g/mol. The Bertz CT molecular complexity index is 852. The fourth-order valence-electron chi connectivity index (χ4n) is 2.96. The molecule has 0 saturated carbocycles. The van der Waals surface area contributed by atoms with E-state index in [-0.39, 0.29) is 6.04 Å². The van der Waals surface area contributed by atoms with Crippen molar-refractivity contribution in [2.75, 3.05) is 12.4 Å². The second-order valence-corrected chi connectivity index (χ2v) is 7.68. The van der Waals surface area contributed by atoms with Crippen LogP contribution in [-0.4, -0.2) is 18.2 Å². The number of ether oxygens (including phenoxy) is 1. The Labute approximate surface area is 171 Å². The summed E-state index contributed by atoms with van der Waals surface area (Å²) < 4.78 is 4.75. The number of nitrogens with one attached hydrogen (secondary N) is 2. The molecule has 2 N–H and O–H groups in total. The first-order valence-corrected chi connectivity index (χ1v) is 9.54. The van der Waals surface area contributed by atoms with Gasteiger partial charge in [0.25, 0.3) is 0 Å². The number of carbonyl (C=O) groups is 1. The van der Waals surface area contributed by atoms with Crippen LogP contribution in [0.3, 0.4) is 0 Å². The van der Waals surface area contributed by atoms with Crippen molar-refractivity contribution in [1.29, 1.82) is 0 Å². The van der Waals surface area contributed by atoms with Crippen LogP contribution in [0.2, 0.25) is 5.02 Å². The molecule has 2 rings (SSSR count). The minimum atomic E-state index is -0.488. The molecule has 0 amide bonds. The van der Waals surface area contributed by atoms with Gasteiger partial charge in [0.05, 0.1) is 23.7 Å². The first-order chi connectivity index (χ1) is 12.7. The van der Waals surface area contributed by atoms with Gasteiger partial charge in [0.1, 0.15) is 0 Å². The smallest absolute Gasteiger partial charge is 0.339 e. The molecule has 0 saturated heterocycles. The Kier molecular flexibility index (Phi) is 7.22. The molecule has 0 spiro atoms. The number of hydrogen-bond donors (Lipinski definition) is 2. The summed E-state index contributed by atoms with van der Waals surface area (Å²) in [6.45, 7) is 8.49. The van der Waals surface area contributed by atoms with E-state index in [1.807, 2.05) is 0 Å². The van der Waals surface area contributed by atoms with Crippen molar-refractivity contribution in [2.45, 2.75) is 33.7 Å². The van der Waals surface area contributed by atoms with E-state index in [0.717, 1.165) is 0 Å². The van der Waals surface area contributed by atoms with Gasteiger partial charge in [-0.05, 0) is 61.3 Å². The van der Waals surface area contributed by atoms with Crippen LogP contribution >= 0.6 is 23.8 Å². The fourth-order valence-corrected chi connectivity index (χ4v) is 3.40. The fraction of sp³-hybridized carbons (Fsp3) is 0.333. The zero-order valence-electron chi connectivity index (χ0n) is 16.2. The van der Waals surface area contributed by atoms with E-state index in [9.17, 15) is 4.79 Å². The van der Waals surface area contributed by atoms with E-state index in [1.165, 1.54) is 23.8 Å². The molecule has 2 aromatic carbocycles. The zero-order chi connectivity index (χ0) is 20.1. The normalized spacial score (nSPS) is 11.8. The number of thiocarbonyl (C=S) groups is 1. The van der Waals surface area contributed by atoms with Crippen molar-refractivity contribution < 1.29 is 9.53 Å². The van der Waals surface area contributed by atoms with E-state index in [2.05, 4.69) is 56.5 Å². The number of carbonyl (C=O) groups excluding carboxylic acids is 1. The van der Waals surface area contributed by atoms with Gasteiger partial charge in [-0.2, -0.15) is 0 Å². The summed E-state index contributed by atoms with van der Waals surface area (Å²) in [4.78, 5) is 11.8. The van der Waals surface area contributed by atoms with Crippen molar-refractivity contribution >= 4 is 40.6 Å². The van der Waals surface area contributed by atoms with Gasteiger partial charge in [-0.1, -0.05) is 49.2 Å². The number of aryl methyl sites for hydroxylation is 2. The molecule has 1 atom stereocenters. The van der Waals surface area contributed by atoms with Crippen LogP contribution in [0.4, 0.5) is 5.69 Å². The maximum absolute atomic E-state index is 11.8. The topological polar surface area (TPSA) is 50.4 Å². The highest BCUT2D eigenvalue weighted by atomic mass is 35.5. The van der Waals surface area contributed by atoms with E-state index in [1.54, 1.807) is 18.2 Å². The number of rotatable bonds is 5. The van der Waals surface area contributed by atoms with Crippen molar-refractivity contribution in [3.63, 3.8) is 0 Å². The molecule has 0 aliphatic heterocycles. The Morgan fingerprint density at radius 1 is 1.15 bits per heavy atom. The Hall–Kier alpha value is -2.11. The summed E-state index contributed by atoms with van der Waals surface area (Å²) >= 11 is 11.6. The first kappa shape index (κ1) is 21.2. The van der Waals surface area contributed by atoms with Crippen LogP contribution in [0.5, 0.6) is 0 Å². The molecule has 2 aromatic rings. The predicted octanol–water partition coefficient (Wildman–Crippen LogP) is 5.43. The standard InChI is InChI=1S/C21H25ClN2O2S/c1-12(2)19(16-8-6-13(3)10-14(16)4)24-21(27)23-15-7-9-18(22)17(11-15)20(25)26-5/h6-12,19H,1-5H3,(H2,23,24,27)/t19-/m0/s1. The van der Waals surface area contributed by atoms with Gasteiger partial charge in [-0.25, -0.2) is 4.79 Å². The van der Waals surface area contributed by atoms with Crippen LogP contribution in [0.15, 0.2) is 36.4 Å². The minimum Gasteiger partial charge on any atom is -0.465 e. The average molecular weight is 405 g/mol. The summed E-state index contributed by atoms with van der Waals surface area (Å²) in [6.07, 6.45) is 0. The predicted molar refractivity (Wildman–Crippen MR) is 116 cm³/mol. The van der Waals surface area contributed by atoms with Crippen LogP contribution in [0.1, 0.15) is 46.9 Å².